The van der Waals surface area contributed by atoms with Crippen LogP contribution in [-0.4, -0.2) is 24.8 Å². The van der Waals surface area contributed by atoms with Crippen LogP contribution in [0.5, 0.6) is 0 Å². The Morgan fingerprint density at radius 3 is 2.38 bits per heavy atom. The fourth-order valence-electron chi connectivity index (χ4n) is 1.04. The number of hydrogen-bond acceptors (Lipinski definition) is 4. The van der Waals surface area contributed by atoms with E-state index in [9.17, 15) is 9.59 Å². The van der Waals surface area contributed by atoms with E-state index >= 15 is 0 Å². The minimum atomic E-state index is -0.675. The lowest BCUT2D eigenvalue weighted by molar-refractivity contribution is -0.179. The van der Waals surface area contributed by atoms with Gasteiger partial charge in [0.05, 0.1) is 12.5 Å². The second-order valence-corrected chi connectivity index (χ2v) is 3.81. The lowest BCUT2D eigenvalue weighted by atomic mass is 10.0. The molecule has 0 radical (unpaired) electrons. The molecule has 16 heavy (non-hydrogen) atoms. The summed E-state index contributed by atoms with van der Waals surface area (Å²) in [5.74, 6) is 0.0764. The van der Waals surface area contributed by atoms with Gasteiger partial charge in [0, 0.05) is 1.43 Å². The zero-order valence-corrected chi connectivity index (χ0v) is 10.2. The monoisotopic (exact) mass is 233 g/mol. The van der Waals surface area contributed by atoms with Crippen molar-refractivity contribution in [2.75, 3.05) is 6.61 Å². The molecule has 0 aromatic rings. The third-order valence-electron chi connectivity index (χ3n) is 2.37. The second-order valence-electron chi connectivity index (χ2n) is 3.81. The minimum absolute atomic E-state index is 0. The van der Waals surface area contributed by atoms with Gasteiger partial charge in [0.25, 0.3) is 0 Å². The van der Waals surface area contributed by atoms with E-state index in [0.717, 1.165) is 19.3 Å². The molecule has 0 saturated carbocycles. The number of carbonyl (C=O) groups is 2. The van der Waals surface area contributed by atoms with Gasteiger partial charge in [-0.25, -0.2) is 4.79 Å². The maximum Gasteiger partial charge on any atom is 0.404 e. The number of esters is 1. The molecule has 1 fully saturated rings. The molecule has 5 nitrogen and oxygen atoms in total. The number of amides is 1. The first kappa shape index (κ1) is 14.7. The highest BCUT2D eigenvalue weighted by atomic mass is 16.6. The van der Waals surface area contributed by atoms with Gasteiger partial charge in [0.2, 0.25) is 0 Å². The van der Waals surface area contributed by atoms with Crippen LogP contribution in [0.15, 0.2) is 0 Å². The molecule has 0 bridgehead atoms. The van der Waals surface area contributed by atoms with Crippen LogP contribution in [0, 0.1) is 5.92 Å². The number of carbonyl (C=O) groups excluding carboxylic acids is 2. The third-order valence-corrected chi connectivity index (χ3v) is 2.37. The van der Waals surface area contributed by atoms with E-state index in [0.29, 0.717) is 6.61 Å². The van der Waals surface area contributed by atoms with E-state index in [1.54, 1.807) is 0 Å². The molecule has 1 aliphatic heterocycles. The van der Waals surface area contributed by atoms with Gasteiger partial charge in [0.15, 0.2) is 0 Å². The largest absolute Gasteiger partial charge is 0.461 e. The molecule has 1 heterocycles. The van der Waals surface area contributed by atoms with Crippen LogP contribution in [0.1, 0.15) is 41.5 Å². The Bertz CT molecular complexity index is 236. The maximum atomic E-state index is 10.2. The van der Waals surface area contributed by atoms with Gasteiger partial charge in [-0.1, -0.05) is 19.8 Å². The Kier molecular flexibility index (Phi) is 7.33. The molecule has 1 rings (SSSR count). The molecular weight excluding hydrogens is 210 g/mol. The number of unbranched alkanes of at least 4 members (excludes halogenated alkanes) is 2. The van der Waals surface area contributed by atoms with Gasteiger partial charge in [-0.15, -0.1) is 0 Å². The van der Waals surface area contributed by atoms with E-state index in [2.05, 4.69) is 16.4 Å². The number of ether oxygens (including phenoxy) is 2. The van der Waals surface area contributed by atoms with Crippen LogP contribution in [0.3, 0.4) is 0 Å². The fraction of sp³-hybridized carbons (Fsp3) is 0.818. The SMILES string of the molecule is CCCCCOC(N)=O.C[C@@H]1OC(=O)[C@@H]1C.[HH]. The van der Waals surface area contributed by atoms with Crippen molar-refractivity contribution in [3.05, 3.63) is 0 Å². The van der Waals surface area contributed by atoms with E-state index in [4.69, 9.17) is 5.73 Å². The topological polar surface area (TPSA) is 78.6 Å². The molecule has 5 heteroatoms. The molecule has 2 N–H and O–H groups in total. The number of cyclic esters (lactones) is 1. The first-order chi connectivity index (χ1) is 7.49. The van der Waals surface area contributed by atoms with Crippen LogP contribution >= 0.6 is 0 Å². The quantitative estimate of drug-likeness (QED) is 0.595. The maximum absolute atomic E-state index is 10.2. The van der Waals surface area contributed by atoms with Gasteiger partial charge in [-0.05, 0) is 20.3 Å². The lowest BCUT2D eigenvalue weighted by Crippen LogP contribution is -2.40. The minimum Gasteiger partial charge on any atom is -0.461 e. The first-order valence-electron chi connectivity index (χ1n) is 5.61. The Balaban J connectivity index is 0. The van der Waals surface area contributed by atoms with Crippen LogP contribution in [0.25, 0.3) is 0 Å². The molecule has 96 valence electrons. The normalized spacial score (nSPS) is 22.3. The average Bonchev–Trinajstić information content (AvgIpc) is 2.25. The lowest BCUT2D eigenvalue weighted by Gasteiger charge is -2.28. The second kappa shape index (κ2) is 7.96. The van der Waals surface area contributed by atoms with E-state index < -0.39 is 6.09 Å². The molecule has 1 saturated heterocycles. The van der Waals surface area contributed by atoms with Gasteiger partial charge in [-0.3, -0.25) is 4.79 Å². The van der Waals surface area contributed by atoms with Crippen LogP contribution in [0.4, 0.5) is 4.79 Å². The average molecular weight is 233 g/mol. The standard InChI is InChI=1S/C6H13NO2.C5H8O2.H2/c1-2-3-4-5-9-6(7)8;1-3-4(2)7-5(3)6;/h2-5H2,1H3,(H2,7,8);3-4H,1-2H3;1H/t;3-,4+;/m.1./s1. The molecular formula is C11H23NO4. The number of hydrogen-bond donors (Lipinski definition) is 1. The number of nitrogens with two attached hydrogens (primary N) is 1. The van der Waals surface area contributed by atoms with Gasteiger partial charge < -0.3 is 15.2 Å². The van der Waals surface area contributed by atoms with Gasteiger partial charge in [0.1, 0.15) is 6.10 Å². The zero-order valence-electron chi connectivity index (χ0n) is 10.2. The van der Waals surface area contributed by atoms with Crippen molar-refractivity contribution in [2.24, 2.45) is 11.7 Å². The van der Waals surface area contributed by atoms with E-state index in [-0.39, 0.29) is 19.4 Å². The molecule has 0 unspecified atom stereocenters. The summed E-state index contributed by atoms with van der Waals surface area (Å²) in [6, 6.07) is 0. The summed E-state index contributed by atoms with van der Waals surface area (Å²) in [6.07, 6.45) is 2.62. The van der Waals surface area contributed by atoms with E-state index in [1.165, 1.54) is 0 Å². The molecule has 1 aliphatic rings. The highest BCUT2D eigenvalue weighted by Crippen LogP contribution is 2.19. The summed E-state index contributed by atoms with van der Waals surface area (Å²) in [6.45, 7) is 6.32. The van der Waals surface area contributed by atoms with Crippen molar-refractivity contribution in [1.82, 2.24) is 0 Å². The predicted octanol–water partition coefficient (Wildman–Crippen LogP) is 2.09. The number of rotatable bonds is 4. The Morgan fingerprint density at radius 2 is 2.12 bits per heavy atom. The zero-order chi connectivity index (χ0) is 12.6. The molecule has 1 amide bonds. The molecule has 0 aliphatic carbocycles. The number of primary amides is 1. The van der Waals surface area contributed by atoms with Crippen LogP contribution < -0.4 is 5.73 Å². The van der Waals surface area contributed by atoms with Crippen molar-refractivity contribution < 1.29 is 20.5 Å². The Hall–Kier alpha value is -1.26. The van der Waals surface area contributed by atoms with Crippen LogP contribution in [0.2, 0.25) is 0 Å². The Morgan fingerprint density at radius 1 is 1.50 bits per heavy atom. The van der Waals surface area contributed by atoms with Crippen molar-refractivity contribution in [3.8, 4) is 0 Å². The van der Waals surface area contributed by atoms with Crippen LogP contribution in [-0.2, 0) is 14.3 Å². The summed E-state index contributed by atoms with van der Waals surface area (Å²) in [4.78, 5) is 20.2. The summed E-state index contributed by atoms with van der Waals surface area (Å²) in [5.41, 5.74) is 4.71. The summed E-state index contributed by atoms with van der Waals surface area (Å²) < 4.78 is 9.10. The smallest absolute Gasteiger partial charge is 0.404 e. The highest BCUT2D eigenvalue weighted by Gasteiger charge is 2.34. The summed E-state index contributed by atoms with van der Waals surface area (Å²) >= 11 is 0. The highest BCUT2D eigenvalue weighted by molar-refractivity contribution is 5.77. The first-order valence-corrected chi connectivity index (χ1v) is 5.61. The predicted molar refractivity (Wildman–Crippen MR) is 61.9 cm³/mol. The van der Waals surface area contributed by atoms with Crippen molar-refractivity contribution in [3.63, 3.8) is 0 Å². The molecule has 0 spiro atoms. The fourth-order valence-corrected chi connectivity index (χ4v) is 1.04. The van der Waals surface area contributed by atoms with Crippen molar-refractivity contribution in [1.29, 1.82) is 0 Å². The molecule has 2 atom stereocenters. The van der Waals surface area contributed by atoms with Crippen molar-refractivity contribution in [2.45, 2.75) is 46.1 Å². The van der Waals surface area contributed by atoms with Gasteiger partial charge >= 0.3 is 12.1 Å². The summed E-state index contributed by atoms with van der Waals surface area (Å²) in [5, 5.41) is 0. The summed E-state index contributed by atoms with van der Waals surface area (Å²) in [7, 11) is 0. The van der Waals surface area contributed by atoms with E-state index in [1.807, 2.05) is 13.8 Å². The van der Waals surface area contributed by atoms with Gasteiger partial charge in [-0.2, -0.15) is 0 Å². The van der Waals surface area contributed by atoms with Crippen molar-refractivity contribution >= 4 is 12.1 Å². The third kappa shape index (κ3) is 6.27. The molecule has 0 aromatic carbocycles. The Labute approximate surface area is 97.8 Å². The molecule has 0 aromatic heterocycles.